The molecule has 1 N–H and O–H groups in total. The number of carbonyl (C=O) groups is 2. The summed E-state index contributed by atoms with van der Waals surface area (Å²) in [6.07, 6.45) is 6.34. The second-order valence-electron chi connectivity index (χ2n) is 7.84. The number of esters is 1. The number of carbonyl (C=O) groups excluding carboxylic acids is 2. The van der Waals surface area contributed by atoms with Crippen molar-refractivity contribution in [2.24, 2.45) is 5.92 Å². The maximum absolute atomic E-state index is 12.4. The molecule has 1 rings (SSSR count). The summed E-state index contributed by atoms with van der Waals surface area (Å²) in [6.45, 7) is 9.45. The van der Waals surface area contributed by atoms with Crippen LogP contribution in [-0.4, -0.2) is 23.9 Å². The molecule has 0 spiro atoms. The van der Waals surface area contributed by atoms with Gasteiger partial charge in [0.15, 0.2) is 0 Å². The Kier molecular flexibility index (Phi) is 11.7. The lowest BCUT2D eigenvalue weighted by atomic mass is 9.88. The quantitative estimate of drug-likeness (QED) is 0.320. The first-order chi connectivity index (χ1) is 13.5. The molecule has 158 valence electrons. The predicted octanol–water partition coefficient (Wildman–Crippen LogP) is 5.44. The van der Waals surface area contributed by atoms with E-state index < -0.39 is 0 Å². The molecule has 0 aromatic heterocycles. The minimum absolute atomic E-state index is 0.116. The highest BCUT2D eigenvalue weighted by atomic mass is 16.5. The van der Waals surface area contributed by atoms with E-state index in [1.807, 2.05) is 32.0 Å². The molecular weight excluding hydrogens is 350 g/mol. The Morgan fingerprint density at radius 2 is 1.75 bits per heavy atom. The van der Waals surface area contributed by atoms with Crippen LogP contribution >= 0.6 is 0 Å². The third kappa shape index (κ3) is 9.01. The number of Topliss-reactive ketones (excluding diaryl/α,β-unsaturated/α-hetero) is 1. The fourth-order valence-electron chi connectivity index (χ4n) is 3.42. The molecule has 0 saturated carbocycles. The zero-order valence-corrected chi connectivity index (χ0v) is 18.3. The molecule has 28 heavy (non-hydrogen) atoms. The van der Waals surface area contributed by atoms with Gasteiger partial charge in [0.05, 0.1) is 13.0 Å². The second-order valence-corrected chi connectivity index (χ2v) is 7.84. The van der Waals surface area contributed by atoms with Crippen LogP contribution < -0.4 is 5.32 Å². The molecule has 0 heterocycles. The highest BCUT2D eigenvalue weighted by molar-refractivity contribution is 5.80. The van der Waals surface area contributed by atoms with Crippen LogP contribution in [0.25, 0.3) is 0 Å². The lowest BCUT2D eigenvalue weighted by Gasteiger charge is -2.32. The van der Waals surface area contributed by atoms with Crippen LogP contribution in [0.5, 0.6) is 0 Å². The maximum Gasteiger partial charge on any atom is 0.307 e. The van der Waals surface area contributed by atoms with Crippen LogP contribution in [0.4, 0.5) is 0 Å². The Hall–Kier alpha value is -1.68. The molecule has 4 nitrogen and oxygen atoms in total. The van der Waals surface area contributed by atoms with Crippen molar-refractivity contribution < 1.29 is 14.3 Å². The van der Waals surface area contributed by atoms with Gasteiger partial charge in [-0.1, -0.05) is 58.0 Å². The van der Waals surface area contributed by atoms with Gasteiger partial charge < -0.3 is 10.1 Å². The first kappa shape index (κ1) is 24.4. The van der Waals surface area contributed by atoms with Gasteiger partial charge in [0, 0.05) is 24.4 Å². The Balaban J connectivity index is 2.34. The van der Waals surface area contributed by atoms with Gasteiger partial charge in [-0.3, -0.25) is 9.59 Å². The van der Waals surface area contributed by atoms with E-state index in [1.54, 1.807) is 0 Å². The summed E-state index contributed by atoms with van der Waals surface area (Å²) < 4.78 is 5.48. The molecule has 1 aromatic rings. The Bertz CT molecular complexity index is 566. The molecule has 0 saturated heterocycles. The summed E-state index contributed by atoms with van der Waals surface area (Å²) in [4.78, 5) is 24.2. The summed E-state index contributed by atoms with van der Waals surface area (Å²) in [5.41, 5.74) is 0.988. The summed E-state index contributed by atoms with van der Waals surface area (Å²) in [5.74, 6) is 0.324. The first-order valence-corrected chi connectivity index (χ1v) is 10.9. The first-order valence-electron chi connectivity index (χ1n) is 10.9. The number of benzene rings is 1. The molecule has 1 aromatic carbocycles. The molecule has 0 aliphatic carbocycles. The molecule has 0 fully saturated rings. The zero-order chi connectivity index (χ0) is 20.8. The van der Waals surface area contributed by atoms with Gasteiger partial charge in [0.2, 0.25) is 0 Å². The van der Waals surface area contributed by atoms with E-state index in [4.69, 9.17) is 4.74 Å². The number of nitrogens with one attached hydrogen (secondary N) is 1. The van der Waals surface area contributed by atoms with Crippen molar-refractivity contribution in [2.45, 2.75) is 91.1 Å². The Morgan fingerprint density at radius 3 is 2.36 bits per heavy atom. The van der Waals surface area contributed by atoms with E-state index >= 15 is 0 Å². The van der Waals surface area contributed by atoms with Crippen molar-refractivity contribution in [1.29, 1.82) is 0 Å². The monoisotopic (exact) mass is 389 g/mol. The van der Waals surface area contributed by atoms with Gasteiger partial charge in [-0.25, -0.2) is 0 Å². The van der Waals surface area contributed by atoms with Gasteiger partial charge in [0.25, 0.3) is 0 Å². The molecule has 0 radical (unpaired) electrons. The van der Waals surface area contributed by atoms with Crippen molar-refractivity contribution in [2.75, 3.05) is 6.61 Å². The van der Waals surface area contributed by atoms with Crippen LogP contribution in [0, 0.1) is 5.92 Å². The van der Waals surface area contributed by atoms with Gasteiger partial charge in [0.1, 0.15) is 5.78 Å². The number of rotatable bonds is 15. The zero-order valence-electron chi connectivity index (χ0n) is 18.3. The van der Waals surface area contributed by atoms with Crippen molar-refractivity contribution >= 4 is 11.8 Å². The minimum atomic E-state index is -0.228. The SMILES string of the molecule is CCCC(=O)C(C)CCCCOC(=O)CC(CC)(CC)NCc1ccccc1. The predicted molar refractivity (Wildman–Crippen MR) is 115 cm³/mol. The smallest absolute Gasteiger partial charge is 0.307 e. The van der Waals surface area contributed by atoms with Gasteiger partial charge >= 0.3 is 5.97 Å². The summed E-state index contributed by atoms with van der Waals surface area (Å²) in [5, 5.41) is 3.58. The number of ketones is 1. The van der Waals surface area contributed by atoms with Gasteiger partial charge in [-0.05, 0) is 44.1 Å². The number of ether oxygens (including phenoxy) is 1. The molecule has 0 aliphatic heterocycles. The standard InChI is InChI=1S/C24H39NO3/c1-5-13-22(26)20(4)14-11-12-17-28-23(27)18-24(6-2,7-3)25-19-21-15-9-8-10-16-21/h8-10,15-16,20,25H,5-7,11-14,17-19H2,1-4H3. The second kappa shape index (κ2) is 13.5. The lowest BCUT2D eigenvalue weighted by Crippen LogP contribution is -2.45. The molecule has 0 bridgehead atoms. The number of hydrogen-bond donors (Lipinski definition) is 1. The van der Waals surface area contributed by atoms with E-state index in [-0.39, 0.29) is 17.4 Å². The van der Waals surface area contributed by atoms with Crippen molar-refractivity contribution in [3.63, 3.8) is 0 Å². The molecular formula is C24H39NO3. The van der Waals surface area contributed by atoms with E-state index in [0.29, 0.717) is 25.2 Å². The Labute approximate surface area is 171 Å². The highest BCUT2D eigenvalue weighted by Gasteiger charge is 2.29. The third-order valence-electron chi connectivity index (χ3n) is 5.69. The van der Waals surface area contributed by atoms with E-state index in [1.165, 1.54) is 5.56 Å². The van der Waals surface area contributed by atoms with Gasteiger partial charge in [-0.15, -0.1) is 0 Å². The van der Waals surface area contributed by atoms with E-state index in [2.05, 4.69) is 31.3 Å². The van der Waals surface area contributed by atoms with Crippen LogP contribution in [-0.2, 0) is 20.9 Å². The van der Waals surface area contributed by atoms with E-state index in [0.717, 1.165) is 45.1 Å². The summed E-state index contributed by atoms with van der Waals surface area (Å²) in [7, 11) is 0. The average molecular weight is 390 g/mol. The molecule has 4 heteroatoms. The largest absolute Gasteiger partial charge is 0.466 e. The van der Waals surface area contributed by atoms with Crippen LogP contribution in [0.3, 0.4) is 0 Å². The highest BCUT2D eigenvalue weighted by Crippen LogP contribution is 2.22. The van der Waals surface area contributed by atoms with E-state index in [9.17, 15) is 9.59 Å². The normalized spacial score (nSPS) is 12.6. The number of unbranched alkanes of at least 4 members (excludes halogenated alkanes) is 1. The fourth-order valence-corrected chi connectivity index (χ4v) is 3.42. The van der Waals surface area contributed by atoms with Crippen molar-refractivity contribution in [3.8, 4) is 0 Å². The Morgan fingerprint density at radius 1 is 1.07 bits per heavy atom. The number of hydrogen-bond acceptors (Lipinski definition) is 4. The fraction of sp³-hybridized carbons (Fsp3) is 0.667. The average Bonchev–Trinajstić information content (AvgIpc) is 2.71. The molecule has 0 amide bonds. The third-order valence-corrected chi connectivity index (χ3v) is 5.69. The summed E-state index contributed by atoms with van der Waals surface area (Å²) >= 11 is 0. The van der Waals surface area contributed by atoms with Gasteiger partial charge in [-0.2, -0.15) is 0 Å². The van der Waals surface area contributed by atoms with Crippen LogP contribution in [0.2, 0.25) is 0 Å². The summed E-state index contributed by atoms with van der Waals surface area (Å²) in [6, 6.07) is 10.2. The van der Waals surface area contributed by atoms with Crippen molar-refractivity contribution in [3.05, 3.63) is 35.9 Å². The molecule has 1 unspecified atom stereocenters. The molecule has 1 atom stereocenters. The minimum Gasteiger partial charge on any atom is -0.466 e. The lowest BCUT2D eigenvalue weighted by molar-refractivity contribution is -0.145. The van der Waals surface area contributed by atoms with Crippen molar-refractivity contribution in [1.82, 2.24) is 5.32 Å². The topological polar surface area (TPSA) is 55.4 Å². The maximum atomic E-state index is 12.4. The molecule has 0 aliphatic rings. The van der Waals surface area contributed by atoms with Crippen LogP contribution in [0.15, 0.2) is 30.3 Å². The van der Waals surface area contributed by atoms with Crippen LogP contribution in [0.1, 0.15) is 84.6 Å².